The monoisotopic (exact) mass is 233 g/mol. The Morgan fingerprint density at radius 1 is 1.53 bits per heavy atom. The van der Waals surface area contributed by atoms with Crippen molar-refractivity contribution in [1.82, 2.24) is 4.90 Å². The van der Waals surface area contributed by atoms with Crippen molar-refractivity contribution < 1.29 is 19.4 Å². The molecule has 0 spiro atoms. The first-order valence-electron chi connectivity index (χ1n) is 4.74. The van der Waals surface area contributed by atoms with Gasteiger partial charge in [0.2, 0.25) is 5.91 Å². The fourth-order valence-electron chi connectivity index (χ4n) is 1.36. The van der Waals surface area contributed by atoms with E-state index in [0.29, 0.717) is 13.2 Å². The highest BCUT2D eigenvalue weighted by atomic mass is 32.2. The molecule has 5 nitrogen and oxygen atoms in total. The standard InChI is InChI=1S/C9H15NO4S/c1-10(7-2-3-14-4-7)8(11)5-15-6-9(12)13/h7H,2-6H2,1H3,(H,12,13). The van der Waals surface area contributed by atoms with Gasteiger partial charge in [-0.2, -0.15) is 0 Å². The summed E-state index contributed by atoms with van der Waals surface area (Å²) < 4.78 is 5.18. The summed E-state index contributed by atoms with van der Waals surface area (Å²) in [6.45, 7) is 1.29. The van der Waals surface area contributed by atoms with E-state index in [1.807, 2.05) is 0 Å². The first kappa shape index (κ1) is 12.3. The molecule has 0 radical (unpaired) electrons. The number of rotatable bonds is 5. The number of carbonyl (C=O) groups is 2. The van der Waals surface area contributed by atoms with Gasteiger partial charge in [-0.1, -0.05) is 0 Å². The Bertz CT molecular complexity index is 240. The van der Waals surface area contributed by atoms with E-state index in [2.05, 4.69) is 0 Å². The molecule has 6 heteroatoms. The van der Waals surface area contributed by atoms with Gasteiger partial charge in [-0.15, -0.1) is 11.8 Å². The Kier molecular flexibility index (Phi) is 4.90. The van der Waals surface area contributed by atoms with Gasteiger partial charge in [0.15, 0.2) is 0 Å². The van der Waals surface area contributed by atoms with Gasteiger partial charge in [-0.3, -0.25) is 9.59 Å². The van der Waals surface area contributed by atoms with Crippen LogP contribution in [0.1, 0.15) is 6.42 Å². The molecular formula is C9H15NO4S. The Balaban J connectivity index is 2.23. The van der Waals surface area contributed by atoms with Crippen LogP contribution < -0.4 is 0 Å². The van der Waals surface area contributed by atoms with E-state index in [4.69, 9.17) is 9.84 Å². The molecule has 1 amide bonds. The van der Waals surface area contributed by atoms with Crippen molar-refractivity contribution in [2.75, 3.05) is 31.8 Å². The molecule has 15 heavy (non-hydrogen) atoms. The van der Waals surface area contributed by atoms with E-state index >= 15 is 0 Å². The maximum Gasteiger partial charge on any atom is 0.313 e. The van der Waals surface area contributed by atoms with Crippen LogP contribution in [0, 0.1) is 0 Å². The lowest BCUT2D eigenvalue weighted by atomic mass is 10.2. The van der Waals surface area contributed by atoms with E-state index in [0.717, 1.165) is 18.2 Å². The van der Waals surface area contributed by atoms with Crippen LogP contribution >= 0.6 is 11.8 Å². The lowest BCUT2D eigenvalue weighted by Crippen LogP contribution is -2.38. The molecule has 0 aromatic heterocycles. The third-order valence-electron chi connectivity index (χ3n) is 2.30. The lowest BCUT2D eigenvalue weighted by molar-refractivity contribution is -0.133. The summed E-state index contributed by atoms with van der Waals surface area (Å²) in [5.74, 6) is -0.726. The molecule has 1 atom stereocenters. The number of carboxylic acid groups (broad SMARTS) is 1. The molecule has 0 aliphatic carbocycles. The van der Waals surface area contributed by atoms with Gasteiger partial charge >= 0.3 is 5.97 Å². The van der Waals surface area contributed by atoms with Crippen LogP contribution in [0.25, 0.3) is 0 Å². The Morgan fingerprint density at radius 3 is 2.80 bits per heavy atom. The van der Waals surface area contributed by atoms with Crippen molar-refractivity contribution in [3.05, 3.63) is 0 Å². The van der Waals surface area contributed by atoms with Gasteiger partial charge in [-0.05, 0) is 6.42 Å². The molecule has 1 N–H and O–H groups in total. The van der Waals surface area contributed by atoms with Crippen molar-refractivity contribution in [3.8, 4) is 0 Å². The third kappa shape index (κ3) is 4.09. The van der Waals surface area contributed by atoms with Gasteiger partial charge < -0.3 is 14.7 Å². The highest BCUT2D eigenvalue weighted by Crippen LogP contribution is 2.12. The van der Waals surface area contributed by atoms with E-state index in [1.165, 1.54) is 0 Å². The van der Waals surface area contributed by atoms with E-state index in [1.54, 1.807) is 11.9 Å². The molecule has 1 heterocycles. The molecule has 1 rings (SSSR count). The molecule has 1 saturated heterocycles. The van der Waals surface area contributed by atoms with E-state index in [-0.39, 0.29) is 23.5 Å². The number of likely N-dealkylation sites (N-methyl/N-ethyl adjacent to an activating group) is 1. The molecular weight excluding hydrogens is 218 g/mol. The average Bonchev–Trinajstić information content (AvgIpc) is 2.68. The summed E-state index contributed by atoms with van der Waals surface area (Å²) in [5, 5.41) is 8.41. The van der Waals surface area contributed by atoms with Crippen LogP contribution in [0.2, 0.25) is 0 Å². The lowest BCUT2D eigenvalue weighted by Gasteiger charge is -2.22. The van der Waals surface area contributed by atoms with Crippen LogP contribution in [0.4, 0.5) is 0 Å². The van der Waals surface area contributed by atoms with Gasteiger partial charge in [0.25, 0.3) is 0 Å². The highest BCUT2D eigenvalue weighted by Gasteiger charge is 2.23. The van der Waals surface area contributed by atoms with Crippen molar-refractivity contribution in [3.63, 3.8) is 0 Å². The van der Waals surface area contributed by atoms with Crippen LogP contribution in [0.5, 0.6) is 0 Å². The molecule has 1 aliphatic heterocycles. The van der Waals surface area contributed by atoms with Gasteiger partial charge in [0.1, 0.15) is 0 Å². The number of amides is 1. The summed E-state index contributed by atoms with van der Waals surface area (Å²) in [7, 11) is 1.74. The number of nitrogens with zero attached hydrogens (tertiary/aromatic N) is 1. The molecule has 1 aliphatic rings. The number of thioether (sulfide) groups is 1. The Morgan fingerprint density at radius 2 is 2.27 bits per heavy atom. The van der Waals surface area contributed by atoms with E-state index in [9.17, 15) is 9.59 Å². The van der Waals surface area contributed by atoms with Crippen LogP contribution in [-0.4, -0.2) is 59.7 Å². The van der Waals surface area contributed by atoms with Crippen molar-refractivity contribution in [1.29, 1.82) is 0 Å². The summed E-state index contributed by atoms with van der Waals surface area (Å²) in [4.78, 5) is 23.5. The predicted molar refractivity (Wildman–Crippen MR) is 57.0 cm³/mol. The maximum atomic E-state index is 11.6. The molecule has 0 aromatic rings. The minimum Gasteiger partial charge on any atom is -0.481 e. The third-order valence-corrected chi connectivity index (χ3v) is 3.20. The fourth-order valence-corrected chi connectivity index (χ4v) is 2.01. The molecule has 0 saturated carbocycles. The number of hydrogen-bond donors (Lipinski definition) is 1. The van der Waals surface area contributed by atoms with E-state index < -0.39 is 5.97 Å². The average molecular weight is 233 g/mol. The zero-order chi connectivity index (χ0) is 11.3. The first-order chi connectivity index (χ1) is 7.11. The predicted octanol–water partition coefficient (Wildman–Crippen LogP) is 0.0515. The second kappa shape index (κ2) is 5.97. The second-order valence-corrected chi connectivity index (χ2v) is 4.39. The number of carboxylic acids is 1. The molecule has 86 valence electrons. The smallest absolute Gasteiger partial charge is 0.313 e. The maximum absolute atomic E-state index is 11.6. The van der Waals surface area contributed by atoms with Gasteiger partial charge in [-0.25, -0.2) is 0 Å². The zero-order valence-electron chi connectivity index (χ0n) is 8.64. The largest absolute Gasteiger partial charge is 0.481 e. The van der Waals surface area contributed by atoms with Crippen molar-refractivity contribution in [2.24, 2.45) is 0 Å². The second-order valence-electron chi connectivity index (χ2n) is 3.41. The van der Waals surface area contributed by atoms with Crippen LogP contribution in [-0.2, 0) is 14.3 Å². The SMILES string of the molecule is CN(C(=O)CSCC(=O)O)C1CCOC1. The normalized spacial score (nSPS) is 20.2. The summed E-state index contributed by atoms with van der Waals surface area (Å²) >= 11 is 1.13. The zero-order valence-corrected chi connectivity index (χ0v) is 9.46. The summed E-state index contributed by atoms with van der Waals surface area (Å²) in [6.07, 6.45) is 0.867. The Labute approximate surface area is 92.8 Å². The number of carbonyl (C=O) groups excluding carboxylic acids is 1. The molecule has 0 bridgehead atoms. The highest BCUT2D eigenvalue weighted by molar-refractivity contribution is 8.00. The minimum atomic E-state index is -0.889. The number of ether oxygens (including phenoxy) is 1. The quantitative estimate of drug-likeness (QED) is 0.727. The summed E-state index contributed by atoms with van der Waals surface area (Å²) in [6, 6.07) is 0.155. The van der Waals surface area contributed by atoms with Crippen molar-refractivity contribution in [2.45, 2.75) is 12.5 Å². The van der Waals surface area contributed by atoms with Crippen LogP contribution in [0.15, 0.2) is 0 Å². The molecule has 1 unspecified atom stereocenters. The topological polar surface area (TPSA) is 66.8 Å². The van der Waals surface area contributed by atoms with Crippen molar-refractivity contribution >= 4 is 23.6 Å². The first-order valence-corrected chi connectivity index (χ1v) is 5.89. The Hall–Kier alpha value is -0.750. The number of hydrogen-bond acceptors (Lipinski definition) is 4. The van der Waals surface area contributed by atoms with Gasteiger partial charge in [0.05, 0.1) is 24.2 Å². The van der Waals surface area contributed by atoms with Gasteiger partial charge in [0, 0.05) is 13.7 Å². The number of aliphatic carboxylic acids is 1. The minimum absolute atomic E-state index is 0.0270. The summed E-state index contributed by atoms with van der Waals surface area (Å²) in [5.41, 5.74) is 0. The fraction of sp³-hybridized carbons (Fsp3) is 0.778. The van der Waals surface area contributed by atoms with Crippen LogP contribution in [0.3, 0.4) is 0 Å². The molecule has 0 aromatic carbocycles. The molecule has 1 fully saturated rings.